The number of rotatable bonds is 5. The smallest absolute Gasteiger partial charge is 0.267 e. The van der Waals surface area contributed by atoms with E-state index in [-0.39, 0.29) is 5.91 Å². The number of pyridine rings is 1. The van der Waals surface area contributed by atoms with Crippen molar-refractivity contribution in [2.45, 2.75) is 25.8 Å². The molecule has 0 bridgehead atoms. The molecule has 0 radical (unpaired) electrons. The van der Waals surface area contributed by atoms with Gasteiger partial charge in [-0.3, -0.25) is 14.7 Å². The third kappa shape index (κ3) is 5.17. The van der Waals surface area contributed by atoms with Crippen LogP contribution >= 0.6 is 11.8 Å². The van der Waals surface area contributed by atoms with Gasteiger partial charge in [0, 0.05) is 31.2 Å². The number of hydrogen-bond donors (Lipinski definition) is 0. The molecule has 0 aliphatic carbocycles. The first-order valence-electron chi connectivity index (χ1n) is 11.4. The van der Waals surface area contributed by atoms with Crippen molar-refractivity contribution in [2.24, 2.45) is 4.99 Å². The molecule has 0 N–H and O–H groups in total. The fraction of sp³-hybridized carbons (Fsp3) is 0.222. The predicted octanol–water partition coefficient (Wildman–Crippen LogP) is 5.88. The van der Waals surface area contributed by atoms with Gasteiger partial charge in [0.1, 0.15) is 0 Å². The zero-order chi connectivity index (χ0) is 22.5. The molecule has 1 amide bonds. The number of amides is 1. The van der Waals surface area contributed by atoms with E-state index in [1.165, 1.54) is 36.7 Å². The van der Waals surface area contributed by atoms with Gasteiger partial charge in [-0.15, -0.1) is 0 Å². The molecular formula is C27H26N4OS. The van der Waals surface area contributed by atoms with E-state index in [0.717, 1.165) is 29.9 Å². The van der Waals surface area contributed by atoms with Crippen molar-refractivity contribution in [1.29, 1.82) is 0 Å². The zero-order valence-electron chi connectivity index (χ0n) is 18.4. The lowest BCUT2D eigenvalue weighted by atomic mass is 10.1. The fourth-order valence-electron chi connectivity index (χ4n) is 4.10. The van der Waals surface area contributed by atoms with Crippen LogP contribution in [0.15, 0.2) is 89.0 Å². The highest BCUT2D eigenvalue weighted by Crippen LogP contribution is 2.35. The number of carbonyl (C=O) groups is 1. The minimum atomic E-state index is -0.0290. The molecule has 0 spiro atoms. The van der Waals surface area contributed by atoms with Crippen molar-refractivity contribution in [2.75, 3.05) is 18.0 Å². The molecule has 2 aliphatic rings. The summed E-state index contributed by atoms with van der Waals surface area (Å²) in [4.78, 5) is 27.2. The van der Waals surface area contributed by atoms with E-state index in [1.54, 1.807) is 17.3 Å². The topological polar surface area (TPSA) is 48.8 Å². The van der Waals surface area contributed by atoms with Crippen molar-refractivity contribution in [3.8, 4) is 0 Å². The number of nitrogens with zero attached hydrogens (tertiary/aromatic N) is 4. The van der Waals surface area contributed by atoms with Crippen LogP contribution in [-0.4, -0.2) is 34.0 Å². The number of benzene rings is 2. The van der Waals surface area contributed by atoms with Crippen molar-refractivity contribution in [3.63, 3.8) is 0 Å². The summed E-state index contributed by atoms with van der Waals surface area (Å²) >= 11 is 1.42. The summed E-state index contributed by atoms with van der Waals surface area (Å²) in [5, 5.41) is 0.686. The van der Waals surface area contributed by atoms with E-state index in [4.69, 9.17) is 4.99 Å². The molecule has 33 heavy (non-hydrogen) atoms. The van der Waals surface area contributed by atoms with E-state index >= 15 is 0 Å². The van der Waals surface area contributed by atoms with E-state index in [1.807, 2.05) is 48.5 Å². The van der Waals surface area contributed by atoms with Crippen LogP contribution < -0.4 is 4.90 Å². The van der Waals surface area contributed by atoms with E-state index in [9.17, 15) is 4.79 Å². The molecule has 166 valence electrons. The molecule has 2 saturated heterocycles. The van der Waals surface area contributed by atoms with Crippen LogP contribution in [0.3, 0.4) is 0 Å². The molecule has 2 aliphatic heterocycles. The molecule has 2 fully saturated rings. The van der Waals surface area contributed by atoms with Crippen LogP contribution in [-0.2, 0) is 11.3 Å². The summed E-state index contributed by atoms with van der Waals surface area (Å²) < 4.78 is 0. The van der Waals surface area contributed by atoms with Crippen LogP contribution in [0.1, 0.15) is 30.4 Å². The molecule has 0 unspecified atom stereocenters. The second-order valence-electron chi connectivity index (χ2n) is 8.23. The first-order chi connectivity index (χ1) is 16.3. The molecule has 0 saturated carbocycles. The number of aromatic nitrogens is 1. The Labute approximate surface area is 198 Å². The maximum atomic E-state index is 13.4. The summed E-state index contributed by atoms with van der Waals surface area (Å²) in [5.74, 6) is -0.0290. The Hall–Kier alpha value is -3.38. The Morgan fingerprint density at radius 1 is 0.939 bits per heavy atom. The molecule has 0 atom stereocenters. The van der Waals surface area contributed by atoms with Crippen LogP contribution in [0.4, 0.5) is 11.4 Å². The van der Waals surface area contributed by atoms with Crippen LogP contribution in [0, 0.1) is 0 Å². The van der Waals surface area contributed by atoms with Gasteiger partial charge in [0.05, 0.1) is 17.1 Å². The van der Waals surface area contributed by atoms with Gasteiger partial charge in [0.2, 0.25) is 0 Å². The number of para-hydroxylation sites is 1. The first-order valence-corrected chi connectivity index (χ1v) is 12.2. The molecule has 6 heteroatoms. The fourth-order valence-corrected chi connectivity index (χ4v) is 5.10. The Morgan fingerprint density at radius 2 is 1.73 bits per heavy atom. The lowest BCUT2D eigenvalue weighted by Gasteiger charge is -2.28. The lowest BCUT2D eigenvalue weighted by molar-refractivity contribution is -0.122. The summed E-state index contributed by atoms with van der Waals surface area (Å²) in [7, 11) is 0. The maximum Gasteiger partial charge on any atom is 0.267 e. The van der Waals surface area contributed by atoms with Gasteiger partial charge in [-0.05, 0) is 78.6 Å². The number of piperidine rings is 1. The Balaban J connectivity index is 1.41. The van der Waals surface area contributed by atoms with Crippen molar-refractivity contribution in [3.05, 3.63) is 95.2 Å². The SMILES string of the molecule is O=C1/C(=C/c2ccc(N3CCCCC3)cc2)SC(=Nc2ccccc2)N1Cc1cccnc1. The zero-order valence-corrected chi connectivity index (χ0v) is 19.2. The molecule has 5 nitrogen and oxygen atoms in total. The van der Waals surface area contributed by atoms with Crippen LogP contribution in [0.25, 0.3) is 6.08 Å². The molecule has 3 aromatic rings. The standard InChI is InChI=1S/C27H26N4OS/c32-26-25(18-21-11-13-24(14-12-21)30-16-5-2-6-17-30)33-27(29-23-9-3-1-4-10-23)31(26)20-22-8-7-15-28-19-22/h1,3-4,7-15,18-19H,2,5-6,16-17,20H2/b25-18-,29-27?. The summed E-state index contributed by atoms with van der Waals surface area (Å²) in [6.07, 6.45) is 9.33. The van der Waals surface area contributed by atoms with E-state index < -0.39 is 0 Å². The van der Waals surface area contributed by atoms with Gasteiger partial charge in [-0.1, -0.05) is 36.4 Å². The van der Waals surface area contributed by atoms with Crippen LogP contribution in [0.5, 0.6) is 0 Å². The molecule has 5 rings (SSSR count). The van der Waals surface area contributed by atoms with Gasteiger partial charge >= 0.3 is 0 Å². The lowest BCUT2D eigenvalue weighted by Crippen LogP contribution is -2.29. The molecule has 2 aromatic carbocycles. The van der Waals surface area contributed by atoms with E-state index in [2.05, 4.69) is 34.1 Å². The third-order valence-electron chi connectivity index (χ3n) is 5.84. The minimum Gasteiger partial charge on any atom is -0.372 e. The Morgan fingerprint density at radius 3 is 2.45 bits per heavy atom. The average molecular weight is 455 g/mol. The maximum absolute atomic E-state index is 13.4. The summed E-state index contributed by atoms with van der Waals surface area (Å²) in [6, 6.07) is 22.1. The van der Waals surface area contributed by atoms with Crippen molar-refractivity contribution < 1.29 is 4.79 Å². The average Bonchev–Trinajstić information content (AvgIpc) is 3.15. The van der Waals surface area contributed by atoms with Gasteiger partial charge in [0.25, 0.3) is 5.91 Å². The predicted molar refractivity (Wildman–Crippen MR) is 136 cm³/mol. The quantitative estimate of drug-likeness (QED) is 0.452. The Bertz CT molecular complexity index is 1150. The van der Waals surface area contributed by atoms with Gasteiger partial charge in [-0.2, -0.15) is 0 Å². The second kappa shape index (κ2) is 10.0. The highest BCUT2D eigenvalue weighted by Gasteiger charge is 2.33. The molecule has 3 heterocycles. The summed E-state index contributed by atoms with van der Waals surface area (Å²) in [6.45, 7) is 2.69. The van der Waals surface area contributed by atoms with E-state index in [0.29, 0.717) is 16.6 Å². The number of amidine groups is 1. The third-order valence-corrected chi connectivity index (χ3v) is 6.85. The largest absolute Gasteiger partial charge is 0.372 e. The van der Waals surface area contributed by atoms with Gasteiger partial charge < -0.3 is 4.90 Å². The normalized spacial score (nSPS) is 19.0. The first kappa shape index (κ1) is 21.5. The van der Waals surface area contributed by atoms with Crippen molar-refractivity contribution >= 4 is 40.3 Å². The number of thioether (sulfide) groups is 1. The highest BCUT2D eigenvalue weighted by atomic mass is 32.2. The van der Waals surface area contributed by atoms with Crippen molar-refractivity contribution in [1.82, 2.24) is 9.88 Å². The monoisotopic (exact) mass is 454 g/mol. The number of aliphatic imine (C=N–C) groups is 1. The molecular weight excluding hydrogens is 428 g/mol. The molecule has 1 aromatic heterocycles. The highest BCUT2D eigenvalue weighted by molar-refractivity contribution is 8.18. The number of hydrogen-bond acceptors (Lipinski definition) is 5. The van der Waals surface area contributed by atoms with Crippen LogP contribution in [0.2, 0.25) is 0 Å². The Kier molecular flexibility index (Phi) is 6.53. The number of anilines is 1. The minimum absolute atomic E-state index is 0.0290. The summed E-state index contributed by atoms with van der Waals surface area (Å²) in [5.41, 5.74) is 4.08. The second-order valence-corrected chi connectivity index (χ2v) is 9.24. The van der Waals surface area contributed by atoms with Gasteiger partial charge in [0.15, 0.2) is 5.17 Å². The number of carbonyl (C=O) groups excluding carboxylic acids is 1. The van der Waals surface area contributed by atoms with Gasteiger partial charge in [-0.25, -0.2) is 4.99 Å².